The van der Waals surface area contributed by atoms with Crippen molar-refractivity contribution in [2.24, 2.45) is 7.05 Å². The summed E-state index contributed by atoms with van der Waals surface area (Å²) >= 11 is 3.53. The molecule has 1 aromatic carbocycles. The number of benzene rings is 1. The van der Waals surface area contributed by atoms with Crippen LogP contribution in [0.3, 0.4) is 0 Å². The molecule has 0 fully saturated rings. The summed E-state index contributed by atoms with van der Waals surface area (Å²) in [6, 6.07) is 8.90. The summed E-state index contributed by atoms with van der Waals surface area (Å²) in [7, 11) is 1.96. The first-order chi connectivity index (χ1) is 9.60. The van der Waals surface area contributed by atoms with Gasteiger partial charge >= 0.3 is 0 Å². The van der Waals surface area contributed by atoms with Gasteiger partial charge in [-0.1, -0.05) is 28.9 Å². The van der Waals surface area contributed by atoms with Gasteiger partial charge in [-0.25, -0.2) is 0 Å². The third-order valence-electron chi connectivity index (χ3n) is 3.43. The van der Waals surface area contributed by atoms with Crippen LogP contribution in [-0.2, 0) is 13.5 Å². The molecule has 1 unspecified atom stereocenters. The third-order valence-corrected chi connectivity index (χ3v) is 3.92. The average Bonchev–Trinajstić information content (AvgIpc) is 2.80. The summed E-state index contributed by atoms with van der Waals surface area (Å²) in [6.07, 6.45) is 4.05. The van der Waals surface area contributed by atoms with Gasteiger partial charge in [-0.3, -0.25) is 4.68 Å². The van der Waals surface area contributed by atoms with E-state index in [0.717, 1.165) is 29.6 Å². The van der Waals surface area contributed by atoms with Gasteiger partial charge in [0, 0.05) is 30.2 Å². The van der Waals surface area contributed by atoms with E-state index in [-0.39, 0.29) is 0 Å². The fourth-order valence-electron chi connectivity index (χ4n) is 2.42. The Morgan fingerprint density at radius 2 is 2.15 bits per heavy atom. The highest BCUT2D eigenvalue weighted by atomic mass is 79.9. The number of nitrogens with one attached hydrogen (secondary N) is 1. The van der Waals surface area contributed by atoms with Crippen molar-refractivity contribution >= 4 is 15.9 Å². The topological polar surface area (TPSA) is 29.9 Å². The Morgan fingerprint density at radius 3 is 2.75 bits per heavy atom. The maximum absolute atomic E-state index is 4.50. The lowest BCUT2D eigenvalue weighted by molar-refractivity contribution is 0.519. The van der Waals surface area contributed by atoms with E-state index in [4.69, 9.17) is 0 Å². The molecule has 1 N–H and O–H groups in total. The molecule has 108 valence electrons. The Bertz CT molecular complexity index is 563. The van der Waals surface area contributed by atoms with Crippen molar-refractivity contribution < 1.29 is 0 Å². The summed E-state index contributed by atoms with van der Waals surface area (Å²) in [5.74, 6) is 0. The van der Waals surface area contributed by atoms with E-state index in [0.29, 0.717) is 6.04 Å². The Balaban J connectivity index is 2.22. The fraction of sp³-hybridized carbons (Fsp3) is 0.438. The van der Waals surface area contributed by atoms with Crippen molar-refractivity contribution in [3.63, 3.8) is 0 Å². The second-order valence-corrected chi connectivity index (χ2v) is 6.11. The molecule has 2 rings (SSSR count). The standard InChI is InChI=1S/C16H22BrN3/c1-4-8-18-16(11-14-7-9-20(3)19-14)15-6-5-13(17)10-12(15)2/h5-7,9-10,16,18H,4,8,11H2,1-3H3. The zero-order valence-corrected chi connectivity index (χ0v) is 13.9. The molecule has 4 heteroatoms. The monoisotopic (exact) mass is 335 g/mol. The van der Waals surface area contributed by atoms with Crippen LogP contribution < -0.4 is 5.32 Å². The number of rotatable bonds is 6. The molecule has 20 heavy (non-hydrogen) atoms. The van der Waals surface area contributed by atoms with Crippen LogP contribution >= 0.6 is 15.9 Å². The molecule has 0 aliphatic carbocycles. The summed E-state index contributed by atoms with van der Waals surface area (Å²) in [4.78, 5) is 0. The van der Waals surface area contributed by atoms with Crippen LogP contribution in [0.5, 0.6) is 0 Å². The molecular weight excluding hydrogens is 314 g/mol. The molecule has 0 aliphatic rings. The van der Waals surface area contributed by atoms with Gasteiger partial charge in [0.25, 0.3) is 0 Å². The molecule has 0 amide bonds. The van der Waals surface area contributed by atoms with Crippen LogP contribution in [0.1, 0.15) is 36.2 Å². The molecule has 0 aliphatic heterocycles. The molecule has 0 radical (unpaired) electrons. The van der Waals surface area contributed by atoms with Crippen molar-refractivity contribution in [2.75, 3.05) is 6.54 Å². The fourth-order valence-corrected chi connectivity index (χ4v) is 2.90. The van der Waals surface area contributed by atoms with Gasteiger partial charge in [-0.05, 0) is 49.2 Å². The van der Waals surface area contributed by atoms with Crippen LogP contribution in [-0.4, -0.2) is 16.3 Å². The van der Waals surface area contributed by atoms with Gasteiger partial charge in [0.1, 0.15) is 0 Å². The van der Waals surface area contributed by atoms with E-state index >= 15 is 0 Å². The highest BCUT2D eigenvalue weighted by Gasteiger charge is 2.15. The predicted octanol–water partition coefficient (Wildman–Crippen LogP) is 3.77. The minimum Gasteiger partial charge on any atom is -0.310 e. The molecule has 0 saturated heterocycles. The van der Waals surface area contributed by atoms with E-state index < -0.39 is 0 Å². The van der Waals surface area contributed by atoms with Gasteiger partial charge in [0.05, 0.1) is 5.69 Å². The van der Waals surface area contributed by atoms with Gasteiger partial charge in [0.15, 0.2) is 0 Å². The number of aryl methyl sites for hydroxylation is 2. The average molecular weight is 336 g/mol. The van der Waals surface area contributed by atoms with E-state index in [9.17, 15) is 0 Å². The van der Waals surface area contributed by atoms with Crippen LogP contribution in [0, 0.1) is 6.92 Å². The van der Waals surface area contributed by atoms with Crippen molar-refractivity contribution in [1.82, 2.24) is 15.1 Å². The summed E-state index contributed by atoms with van der Waals surface area (Å²) in [5, 5.41) is 8.14. The number of hydrogen-bond acceptors (Lipinski definition) is 2. The Morgan fingerprint density at radius 1 is 1.35 bits per heavy atom. The molecule has 1 aromatic heterocycles. The van der Waals surface area contributed by atoms with Crippen molar-refractivity contribution in [3.8, 4) is 0 Å². The summed E-state index contributed by atoms with van der Waals surface area (Å²) < 4.78 is 2.99. The zero-order chi connectivity index (χ0) is 14.5. The van der Waals surface area contributed by atoms with Gasteiger partial charge in [-0.15, -0.1) is 0 Å². The van der Waals surface area contributed by atoms with E-state index in [1.807, 2.05) is 17.9 Å². The Kier molecular flexibility index (Phi) is 5.38. The van der Waals surface area contributed by atoms with Crippen LogP contribution in [0.25, 0.3) is 0 Å². The minimum atomic E-state index is 0.318. The molecule has 2 aromatic rings. The highest BCUT2D eigenvalue weighted by molar-refractivity contribution is 9.10. The van der Waals surface area contributed by atoms with Gasteiger partial charge in [-0.2, -0.15) is 5.10 Å². The Labute approximate surface area is 129 Å². The molecule has 0 bridgehead atoms. The third kappa shape index (κ3) is 3.93. The van der Waals surface area contributed by atoms with Gasteiger partial charge < -0.3 is 5.32 Å². The Hall–Kier alpha value is -1.13. The maximum Gasteiger partial charge on any atom is 0.0643 e. The summed E-state index contributed by atoms with van der Waals surface area (Å²) in [5.41, 5.74) is 3.79. The van der Waals surface area contributed by atoms with Crippen LogP contribution in [0.15, 0.2) is 34.9 Å². The first-order valence-corrected chi connectivity index (χ1v) is 7.87. The first kappa shape index (κ1) is 15.3. The molecule has 0 spiro atoms. The maximum atomic E-state index is 4.50. The number of hydrogen-bond donors (Lipinski definition) is 1. The van der Waals surface area contributed by atoms with E-state index in [1.54, 1.807) is 0 Å². The van der Waals surface area contributed by atoms with Gasteiger partial charge in [0.2, 0.25) is 0 Å². The van der Waals surface area contributed by atoms with Crippen LogP contribution in [0.4, 0.5) is 0 Å². The minimum absolute atomic E-state index is 0.318. The second-order valence-electron chi connectivity index (χ2n) is 5.19. The first-order valence-electron chi connectivity index (χ1n) is 7.08. The quantitative estimate of drug-likeness (QED) is 0.870. The lowest BCUT2D eigenvalue weighted by atomic mass is 9.97. The van der Waals surface area contributed by atoms with Crippen molar-refractivity contribution in [2.45, 2.75) is 32.7 Å². The van der Waals surface area contributed by atoms with Crippen molar-refractivity contribution in [1.29, 1.82) is 0 Å². The number of halogens is 1. The molecule has 0 saturated carbocycles. The van der Waals surface area contributed by atoms with E-state index in [2.05, 4.69) is 64.5 Å². The smallest absolute Gasteiger partial charge is 0.0643 e. The van der Waals surface area contributed by atoms with Crippen molar-refractivity contribution in [3.05, 3.63) is 51.8 Å². The van der Waals surface area contributed by atoms with Crippen LogP contribution in [0.2, 0.25) is 0 Å². The molecule has 1 atom stereocenters. The summed E-state index contributed by atoms with van der Waals surface area (Å²) in [6.45, 7) is 5.38. The lowest BCUT2D eigenvalue weighted by Crippen LogP contribution is -2.25. The van der Waals surface area contributed by atoms with E-state index in [1.165, 1.54) is 11.1 Å². The predicted molar refractivity (Wildman–Crippen MR) is 86.8 cm³/mol. The lowest BCUT2D eigenvalue weighted by Gasteiger charge is -2.20. The molecule has 1 heterocycles. The zero-order valence-electron chi connectivity index (χ0n) is 12.4. The largest absolute Gasteiger partial charge is 0.310 e. The SMILES string of the molecule is CCCNC(Cc1ccn(C)n1)c1ccc(Br)cc1C. The molecule has 3 nitrogen and oxygen atoms in total. The second kappa shape index (κ2) is 7.04. The number of aromatic nitrogens is 2. The normalized spacial score (nSPS) is 12.6. The number of nitrogens with zero attached hydrogens (tertiary/aromatic N) is 2. The highest BCUT2D eigenvalue weighted by Crippen LogP contribution is 2.24. The molecular formula is C16H22BrN3.